The number of halogens is 1. The van der Waals surface area contributed by atoms with Crippen LogP contribution in [0.2, 0.25) is 5.02 Å². The molecule has 2 aromatic rings. The van der Waals surface area contributed by atoms with Crippen LogP contribution in [-0.4, -0.2) is 30.1 Å². The van der Waals surface area contributed by atoms with Crippen LogP contribution < -0.4 is 16.4 Å². The minimum absolute atomic E-state index is 0.0472. The molecular weight excluding hydrogens is 416 g/mol. The van der Waals surface area contributed by atoms with Crippen LogP contribution in [-0.2, 0) is 4.74 Å². The fourth-order valence-corrected chi connectivity index (χ4v) is 2.70. The maximum absolute atomic E-state index is 12.3. The first-order valence-corrected chi connectivity index (χ1v) is 10.2. The first kappa shape index (κ1) is 24.1. The van der Waals surface area contributed by atoms with Gasteiger partial charge in [-0.3, -0.25) is 4.79 Å². The molecule has 1 aromatic carbocycles. The molecule has 7 nitrogen and oxygen atoms in total. The van der Waals surface area contributed by atoms with Gasteiger partial charge in [0.25, 0.3) is 11.9 Å². The molecule has 1 amide bonds. The van der Waals surface area contributed by atoms with Crippen molar-refractivity contribution >= 4 is 34.8 Å². The number of nitrogen functional groups attached to an aromatic ring is 1. The molecule has 0 aliphatic rings. The lowest BCUT2D eigenvalue weighted by atomic mass is 10.1. The summed E-state index contributed by atoms with van der Waals surface area (Å²) in [5.74, 6) is 2.90. The van der Waals surface area contributed by atoms with Crippen LogP contribution in [0.1, 0.15) is 43.2 Å². The molecule has 31 heavy (non-hydrogen) atoms. The number of nitrogens with two attached hydrogens (primary N) is 1. The average Bonchev–Trinajstić information content (AvgIpc) is 3.16. The Hall–Kier alpha value is -3.21. The monoisotopic (exact) mass is 442 g/mol. The van der Waals surface area contributed by atoms with Crippen molar-refractivity contribution in [2.45, 2.75) is 33.2 Å². The summed E-state index contributed by atoms with van der Waals surface area (Å²) < 4.78 is 10.6. The van der Waals surface area contributed by atoms with Gasteiger partial charge < -0.3 is 25.5 Å². The first-order valence-electron chi connectivity index (χ1n) is 9.83. The van der Waals surface area contributed by atoms with Gasteiger partial charge in [-0.2, -0.15) is 4.98 Å². The maximum atomic E-state index is 12.3. The molecule has 0 saturated heterocycles. The third-order valence-corrected chi connectivity index (χ3v) is 4.45. The molecule has 8 heteroatoms. The molecule has 4 N–H and O–H groups in total. The molecule has 0 radical (unpaired) electrons. The van der Waals surface area contributed by atoms with Crippen molar-refractivity contribution in [1.29, 1.82) is 0 Å². The molecule has 0 unspecified atom stereocenters. The Morgan fingerprint density at radius 3 is 2.84 bits per heavy atom. The summed E-state index contributed by atoms with van der Waals surface area (Å²) in [4.78, 5) is 16.1. The molecule has 0 aliphatic carbocycles. The lowest BCUT2D eigenvalue weighted by molar-refractivity contribution is 0.102. The Morgan fingerprint density at radius 1 is 1.42 bits per heavy atom. The van der Waals surface area contributed by atoms with Gasteiger partial charge >= 0.3 is 0 Å². The highest BCUT2D eigenvalue weighted by atomic mass is 35.5. The summed E-state index contributed by atoms with van der Waals surface area (Å²) in [6, 6.07) is 5.49. The number of ether oxygens (including phenoxy) is 1. The number of oxazole rings is 1. The van der Waals surface area contributed by atoms with Gasteiger partial charge in [0.2, 0.25) is 0 Å². The second kappa shape index (κ2) is 11.8. The van der Waals surface area contributed by atoms with Gasteiger partial charge in [-0.25, -0.2) is 0 Å². The highest BCUT2D eigenvalue weighted by Crippen LogP contribution is 2.27. The van der Waals surface area contributed by atoms with E-state index in [0.29, 0.717) is 34.5 Å². The number of hydrogen-bond donors (Lipinski definition) is 3. The lowest BCUT2D eigenvalue weighted by Crippen LogP contribution is -2.24. The molecule has 0 atom stereocenters. The van der Waals surface area contributed by atoms with Gasteiger partial charge in [-0.1, -0.05) is 37.4 Å². The fourth-order valence-electron chi connectivity index (χ4n) is 2.54. The minimum atomic E-state index is -0.498. The van der Waals surface area contributed by atoms with Crippen molar-refractivity contribution in [1.82, 2.24) is 10.3 Å². The second-order valence-electron chi connectivity index (χ2n) is 7.03. The third-order valence-electron chi connectivity index (χ3n) is 4.12. The lowest BCUT2D eigenvalue weighted by Gasteiger charge is -2.10. The van der Waals surface area contributed by atoms with Crippen LogP contribution in [0.5, 0.6) is 0 Å². The predicted molar refractivity (Wildman–Crippen MR) is 125 cm³/mol. The molecule has 0 saturated carbocycles. The van der Waals surface area contributed by atoms with Crippen LogP contribution >= 0.6 is 11.6 Å². The van der Waals surface area contributed by atoms with Crippen LogP contribution in [0.15, 0.2) is 46.8 Å². The number of allylic oxidation sites excluding steroid dienone is 4. The zero-order valence-corrected chi connectivity index (χ0v) is 18.6. The van der Waals surface area contributed by atoms with E-state index in [2.05, 4.69) is 35.4 Å². The highest BCUT2D eigenvalue weighted by Gasteiger charge is 2.13. The van der Waals surface area contributed by atoms with Gasteiger partial charge in [0.15, 0.2) is 5.69 Å². The van der Waals surface area contributed by atoms with E-state index < -0.39 is 5.91 Å². The topological polar surface area (TPSA) is 102 Å². The zero-order chi connectivity index (χ0) is 22.8. The van der Waals surface area contributed by atoms with Crippen molar-refractivity contribution in [2.75, 3.05) is 24.2 Å². The molecule has 1 heterocycles. The SMILES string of the molecule is C#C/C(=C\C=C(/C)OCCCNC(C)C)c1ccc(Cl)c(NC(=O)c2coc(N)n2)c1. The minimum Gasteiger partial charge on any atom is -0.498 e. The van der Waals surface area contributed by atoms with E-state index >= 15 is 0 Å². The molecule has 164 valence electrons. The number of benzene rings is 1. The molecule has 1 aromatic heterocycles. The van der Waals surface area contributed by atoms with E-state index in [1.807, 2.05) is 13.0 Å². The fraction of sp³-hybridized carbons (Fsp3) is 0.304. The van der Waals surface area contributed by atoms with Crippen molar-refractivity contribution < 1.29 is 13.9 Å². The average molecular weight is 443 g/mol. The van der Waals surface area contributed by atoms with Gasteiger partial charge in [0.1, 0.15) is 6.26 Å². The Balaban J connectivity index is 2.06. The van der Waals surface area contributed by atoms with Gasteiger partial charge in [-0.05, 0) is 49.7 Å². The molecule has 0 bridgehead atoms. The third kappa shape index (κ3) is 7.85. The molecule has 0 fully saturated rings. The van der Waals surface area contributed by atoms with Crippen molar-refractivity contribution in [2.24, 2.45) is 0 Å². The Morgan fingerprint density at radius 2 is 2.19 bits per heavy atom. The van der Waals surface area contributed by atoms with E-state index in [1.165, 1.54) is 6.26 Å². The quantitative estimate of drug-likeness (QED) is 0.217. The van der Waals surface area contributed by atoms with E-state index in [-0.39, 0.29) is 11.7 Å². The number of terminal acetylenes is 1. The van der Waals surface area contributed by atoms with Crippen LogP contribution in [0.25, 0.3) is 5.57 Å². The Kier molecular flexibility index (Phi) is 9.19. The number of hydrogen-bond acceptors (Lipinski definition) is 6. The number of anilines is 2. The smallest absolute Gasteiger partial charge is 0.292 e. The first-order chi connectivity index (χ1) is 14.8. The van der Waals surface area contributed by atoms with Gasteiger partial charge in [-0.15, -0.1) is 6.42 Å². The summed E-state index contributed by atoms with van der Waals surface area (Å²) in [5, 5.41) is 6.38. The van der Waals surface area contributed by atoms with Crippen LogP contribution in [0.4, 0.5) is 11.7 Å². The highest BCUT2D eigenvalue weighted by molar-refractivity contribution is 6.34. The normalized spacial score (nSPS) is 12.0. The van der Waals surface area contributed by atoms with Gasteiger partial charge in [0.05, 0.1) is 23.1 Å². The summed E-state index contributed by atoms with van der Waals surface area (Å²) in [7, 11) is 0. The molecule has 2 rings (SSSR count). The molecular formula is C23H27ClN4O3. The second-order valence-corrected chi connectivity index (χ2v) is 7.44. The van der Waals surface area contributed by atoms with Crippen molar-refractivity contribution in [3.8, 4) is 12.3 Å². The summed E-state index contributed by atoms with van der Waals surface area (Å²) in [6.45, 7) is 7.60. The van der Waals surface area contributed by atoms with E-state index in [1.54, 1.807) is 24.3 Å². The predicted octanol–water partition coefficient (Wildman–Crippen LogP) is 4.49. The number of nitrogens with one attached hydrogen (secondary N) is 2. The number of carbonyl (C=O) groups is 1. The summed E-state index contributed by atoms with van der Waals surface area (Å²) in [5.41, 5.74) is 7.17. The number of aromatic nitrogens is 1. The Bertz CT molecular complexity index is 1000. The zero-order valence-electron chi connectivity index (χ0n) is 17.9. The van der Waals surface area contributed by atoms with E-state index in [9.17, 15) is 4.79 Å². The summed E-state index contributed by atoms with van der Waals surface area (Å²) in [6.07, 6.45) is 11.4. The maximum Gasteiger partial charge on any atom is 0.292 e. The largest absolute Gasteiger partial charge is 0.498 e. The number of amides is 1. The van der Waals surface area contributed by atoms with E-state index in [4.69, 9.17) is 32.9 Å². The molecule has 0 spiro atoms. The number of carbonyl (C=O) groups excluding carboxylic acids is 1. The number of rotatable bonds is 10. The molecule has 0 aliphatic heterocycles. The van der Waals surface area contributed by atoms with E-state index in [0.717, 1.165) is 18.7 Å². The van der Waals surface area contributed by atoms with Gasteiger partial charge in [0, 0.05) is 11.6 Å². The van der Waals surface area contributed by atoms with Crippen molar-refractivity contribution in [3.05, 3.63) is 58.7 Å². The van der Waals surface area contributed by atoms with Crippen LogP contribution in [0, 0.1) is 12.3 Å². The standard InChI is InChI=1S/C23H27ClN4O3/c1-5-17(8-7-16(4)30-12-6-11-26-15(2)3)18-9-10-19(24)20(13-18)27-22(29)21-14-31-23(25)28-21/h1,7-10,13-15,26H,6,11-12H2,2-4H3,(H2,25,28)(H,27,29)/b16-7+,17-8+. The summed E-state index contributed by atoms with van der Waals surface area (Å²) >= 11 is 6.22. The van der Waals surface area contributed by atoms with Crippen molar-refractivity contribution in [3.63, 3.8) is 0 Å². The number of nitrogens with zero attached hydrogens (tertiary/aromatic N) is 1. The Labute approximate surface area is 187 Å². The van der Waals surface area contributed by atoms with Crippen LogP contribution in [0.3, 0.4) is 0 Å².